The van der Waals surface area contributed by atoms with Crippen LogP contribution in [0.25, 0.3) is 17.2 Å². The summed E-state index contributed by atoms with van der Waals surface area (Å²) in [6.45, 7) is 3.89. The highest BCUT2D eigenvalue weighted by Crippen LogP contribution is 2.52. The first-order valence-corrected chi connectivity index (χ1v) is 8.77. The standard InChI is InChI=1S/C21H17N5O/c1-21(2)15-16(26(20(21)27)14-8-4-3-5-9-14)17(18-22-10-6-11-23-18)25-13-7-12-24-19(15)25/h3-13H,1-2H3. The zero-order valence-electron chi connectivity index (χ0n) is 15.0. The first-order valence-electron chi connectivity index (χ1n) is 8.77. The SMILES string of the molecule is CC1(C)C(=O)N(c2ccccc2)c2c1c1ncccn1c2-c1ncccn1. The third kappa shape index (κ3) is 2.07. The molecule has 0 saturated heterocycles. The van der Waals surface area contributed by atoms with Crippen LogP contribution in [-0.2, 0) is 10.2 Å². The van der Waals surface area contributed by atoms with Gasteiger partial charge in [-0.2, -0.15) is 0 Å². The Morgan fingerprint density at radius 3 is 2.33 bits per heavy atom. The van der Waals surface area contributed by atoms with E-state index in [0.717, 1.165) is 28.3 Å². The molecule has 1 aliphatic heterocycles. The molecule has 1 aromatic carbocycles. The molecule has 0 atom stereocenters. The smallest absolute Gasteiger partial charge is 0.241 e. The van der Waals surface area contributed by atoms with Crippen LogP contribution in [0.5, 0.6) is 0 Å². The van der Waals surface area contributed by atoms with Gasteiger partial charge in [-0.15, -0.1) is 0 Å². The number of aromatic nitrogens is 4. The summed E-state index contributed by atoms with van der Waals surface area (Å²) in [4.78, 5) is 28.7. The first kappa shape index (κ1) is 15.7. The zero-order chi connectivity index (χ0) is 18.6. The lowest BCUT2D eigenvalue weighted by Gasteiger charge is -2.22. The lowest BCUT2D eigenvalue weighted by molar-refractivity contribution is -0.121. The van der Waals surface area contributed by atoms with Crippen LogP contribution in [0.1, 0.15) is 19.4 Å². The van der Waals surface area contributed by atoms with Crippen molar-refractivity contribution in [3.63, 3.8) is 0 Å². The molecular formula is C21H17N5O. The minimum Gasteiger partial charge on any atom is -0.296 e. The summed E-state index contributed by atoms with van der Waals surface area (Å²) < 4.78 is 1.98. The molecule has 1 amide bonds. The maximum absolute atomic E-state index is 13.4. The highest BCUT2D eigenvalue weighted by Gasteiger charge is 2.49. The monoisotopic (exact) mass is 355 g/mol. The molecule has 4 aromatic rings. The fourth-order valence-corrected chi connectivity index (χ4v) is 3.81. The fourth-order valence-electron chi connectivity index (χ4n) is 3.81. The predicted molar refractivity (Wildman–Crippen MR) is 103 cm³/mol. The number of benzene rings is 1. The Balaban J connectivity index is 1.93. The maximum atomic E-state index is 13.4. The van der Waals surface area contributed by atoms with Crippen LogP contribution in [0.4, 0.5) is 11.4 Å². The molecule has 0 fully saturated rings. The Kier molecular flexibility index (Phi) is 3.18. The van der Waals surface area contributed by atoms with E-state index in [2.05, 4.69) is 15.0 Å². The van der Waals surface area contributed by atoms with Gasteiger partial charge in [0.15, 0.2) is 5.82 Å². The molecule has 0 radical (unpaired) electrons. The van der Waals surface area contributed by atoms with E-state index in [4.69, 9.17) is 0 Å². The molecule has 0 aliphatic carbocycles. The summed E-state index contributed by atoms with van der Waals surface area (Å²) >= 11 is 0. The van der Waals surface area contributed by atoms with Gasteiger partial charge in [-0.25, -0.2) is 15.0 Å². The van der Waals surface area contributed by atoms with E-state index in [1.807, 2.05) is 60.8 Å². The molecule has 3 aromatic heterocycles. The van der Waals surface area contributed by atoms with E-state index < -0.39 is 5.41 Å². The van der Waals surface area contributed by atoms with Crippen LogP contribution in [0.3, 0.4) is 0 Å². The minimum atomic E-state index is -0.711. The van der Waals surface area contributed by atoms with Crippen molar-refractivity contribution >= 4 is 22.9 Å². The van der Waals surface area contributed by atoms with Crippen LogP contribution < -0.4 is 4.90 Å². The number of carbonyl (C=O) groups is 1. The molecule has 1 aliphatic rings. The summed E-state index contributed by atoms with van der Waals surface area (Å²) in [5.74, 6) is 0.581. The average molecular weight is 355 g/mol. The van der Waals surface area contributed by atoms with Gasteiger partial charge < -0.3 is 0 Å². The molecule has 0 unspecified atom stereocenters. The van der Waals surface area contributed by atoms with Crippen molar-refractivity contribution in [3.8, 4) is 11.5 Å². The first-order chi connectivity index (χ1) is 13.1. The number of nitrogens with zero attached hydrogens (tertiary/aromatic N) is 5. The van der Waals surface area contributed by atoms with Gasteiger partial charge in [0.1, 0.15) is 11.3 Å². The van der Waals surface area contributed by atoms with Crippen molar-refractivity contribution in [1.29, 1.82) is 0 Å². The molecule has 0 N–H and O–H groups in total. The van der Waals surface area contributed by atoms with Gasteiger partial charge in [-0.05, 0) is 38.1 Å². The van der Waals surface area contributed by atoms with Gasteiger partial charge in [-0.3, -0.25) is 14.1 Å². The van der Waals surface area contributed by atoms with E-state index in [0.29, 0.717) is 5.82 Å². The summed E-state index contributed by atoms with van der Waals surface area (Å²) in [5, 5.41) is 0. The zero-order valence-corrected chi connectivity index (χ0v) is 15.0. The highest BCUT2D eigenvalue weighted by molar-refractivity contribution is 6.17. The van der Waals surface area contributed by atoms with Gasteiger partial charge in [0.25, 0.3) is 0 Å². The van der Waals surface area contributed by atoms with Crippen molar-refractivity contribution in [1.82, 2.24) is 19.4 Å². The molecule has 5 rings (SSSR count). The van der Waals surface area contributed by atoms with E-state index in [9.17, 15) is 4.79 Å². The van der Waals surface area contributed by atoms with Crippen molar-refractivity contribution in [2.45, 2.75) is 19.3 Å². The van der Waals surface area contributed by atoms with Crippen LogP contribution in [0.15, 0.2) is 67.3 Å². The maximum Gasteiger partial charge on any atom is 0.241 e. The molecular weight excluding hydrogens is 338 g/mol. The van der Waals surface area contributed by atoms with Crippen LogP contribution in [-0.4, -0.2) is 25.3 Å². The largest absolute Gasteiger partial charge is 0.296 e. The Morgan fingerprint density at radius 2 is 1.59 bits per heavy atom. The second-order valence-electron chi connectivity index (χ2n) is 7.06. The Morgan fingerprint density at radius 1 is 0.889 bits per heavy atom. The summed E-state index contributed by atoms with van der Waals surface area (Å²) in [6.07, 6.45) is 7.10. The van der Waals surface area contributed by atoms with Gasteiger partial charge in [0.05, 0.1) is 11.1 Å². The number of carbonyl (C=O) groups excluding carboxylic acids is 1. The Hall–Kier alpha value is -3.54. The second-order valence-corrected chi connectivity index (χ2v) is 7.06. The van der Waals surface area contributed by atoms with E-state index in [1.54, 1.807) is 29.6 Å². The molecule has 6 heteroatoms. The number of amides is 1. The normalized spacial score (nSPS) is 15.3. The van der Waals surface area contributed by atoms with E-state index >= 15 is 0 Å². The summed E-state index contributed by atoms with van der Waals surface area (Å²) in [5.41, 5.74) is 3.35. The number of rotatable bonds is 2. The van der Waals surface area contributed by atoms with Gasteiger partial charge in [-0.1, -0.05) is 18.2 Å². The Labute approximate surface area is 156 Å². The van der Waals surface area contributed by atoms with Gasteiger partial charge >= 0.3 is 0 Å². The highest BCUT2D eigenvalue weighted by atomic mass is 16.2. The molecule has 4 heterocycles. The molecule has 132 valence electrons. The molecule has 0 spiro atoms. The van der Waals surface area contributed by atoms with Crippen LogP contribution in [0, 0.1) is 0 Å². The minimum absolute atomic E-state index is 0.0176. The molecule has 0 bridgehead atoms. The Bertz CT molecular complexity index is 1170. The fraction of sp³-hybridized carbons (Fsp3) is 0.143. The van der Waals surface area contributed by atoms with Gasteiger partial charge in [0, 0.05) is 36.0 Å². The number of hydrogen-bond donors (Lipinski definition) is 0. The second kappa shape index (κ2) is 5.48. The molecule has 0 saturated carbocycles. The lowest BCUT2D eigenvalue weighted by Crippen LogP contribution is -2.34. The average Bonchev–Trinajstić information content (AvgIpc) is 3.14. The van der Waals surface area contributed by atoms with Crippen molar-refractivity contribution in [3.05, 3.63) is 72.8 Å². The lowest BCUT2D eigenvalue weighted by atomic mass is 9.87. The number of anilines is 2. The number of para-hydroxylation sites is 1. The summed E-state index contributed by atoms with van der Waals surface area (Å²) in [7, 11) is 0. The predicted octanol–water partition coefficient (Wildman–Crippen LogP) is 3.75. The van der Waals surface area contributed by atoms with Crippen LogP contribution in [0.2, 0.25) is 0 Å². The van der Waals surface area contributed by atoms with Crippen molar-refractivity contribution < 1.29 is 4.79 Å². The van der Waals surface area contributed by atoms with Crippen LogP contribution >= 0.6 is 0 Å². The number of fused-ring (bicyclic) bond motifs is 3. The topological polar surface area (TPSA) is 63.4 Å². The van der Waals surface area contributed by atoms with E-state index in [-0.39, 0.29) is 5.91 Å². The third-order valence-corrected chi connectivity index (χ3v) is 5.05. The van der Waals surface area contributed by atoms with E-state index in [1.165, 1.54) is 0 Å². The third-order valence-electron chi connectivity index (χ3n) is 5.05. The van der Waals surface area contributed by atoms with Crippen molar-refractivity contribution in [2.24, 2.45) is 0 Å². The molecule has 6 nitrogen and oxygen atoms in total. The summed E-state index contributed by atoms with van der Waals surface area (Å²) in [6, 6.07) is 13.3. The van der Waals surface area contributed by atoms with Gasteiger partial charge in [0.2, 0.25) is 5.91 Å². The quantitative estimate of drug-likeness (QED) is 0.549. The van der Waals surface area contributed by atoms with Crippen molar-refractivity contribution in [2.75, 3.05) is 4.90 Å². The number of hydrogen-bond acceptors (Lipinski definition) is 4. The molecule has 27 heavy (non-hydrogen) atoms.